The summed E-state index contributed by atoms with van der Waals surface area (Å²) in [6, 6.07) is 10.3. The third-order valence-electron chi connectivity index (χ3n) is 4.19. The lowest BCUT2D eigenvalue weighted by molar-refractivity contribution is -0.114. The summed E-state index contributed by atoms with van der Waals surface area (Å²) in [4.78, 5) is 12.2. The van der Waals surface area contributed by atoms with Crippen LogP contribution in [0.2, 0.25) is 5.02 Å². The second kappa shape index (κ2) is 8.24. The molecule has 1 aliphatic rings. The summed E-state index contributed by atoms with van der Waals surface area (Å²) in [5.74, 6) is -0.936. The first-order valence-corrected chi connectivity index (χ1v) is 10.3. The Balaban J connectivity index is 1.62. The average molecular weight is 412 g/mol. The van der Waals surface area contributed by atoms with Gasteiger partial charge in [0.15, 0.2) is 0 Å². The van der Waals surface area contributed by atoms with Crippen LogP contribution in [0.15, 0.2) is 47.4 Å². The molecular formula is C18H19ClFN3O3S. The highest BCUT2D eigenvalue weighted by molar-refractivity contribution is 7.89. The van der Waals surface area contributed by atoms with Crippen LogP contribution >= 0.6 is 11.6 Å². The Bertz CT molecular complexity index is 947. The molecule has 0 atom stereocenters. The topological polar surface area (TPSA) is 78.5 Å². The fraction of sp³-hybridized carbons (Fsp3) is 0.278. The van der Waals surface area contributed by atoms with Gasteiger partial charge < -0.3 is 10.6 Å². The Morgan fingerprint density at radius 3 is 2.56 bits per heavy atom. The standard InChI is InChI=1S/C18H19ClFN3O3S/c19-16-11-14(6-7-17(16)20)22-18(24)12-21-13-4-3-5-15(10-13)27(25,26)23-8-1-2-9-23/h3-7,10-11,21H,1-2,8-9,12H2,(H,22,24). The molecule has 0 radical (unpaired) electrons. The van der Waals surface area contributed by atoms with Crippen LogP contribution in [0, 0.1) is 5.82 Å². The van der Waals surface area contributed by atoms with E-state index in [4.69, 9.17) is 11.6 Å². The highest BCUT2D eigenvalue weighted by Gasteiger charge is 2.27. The van der Waals surface area contributed by atoms with Crippen molar-refractivity contribution in [2.45, 2.75) is 17.7 Å². The minimum Gasteiger partial charge on any atom is -0.376 e. The molecule has 0 saturated carbocycles. The van der Waals surface area contributed by atoms with Crippen molar-refractivity contribution in [3.63, 3.8) is 0 Å². The molecule has 2 aromatic rings. The van der Waals surface area contributed by atoms with Crippen LogP contribution in [0.5, 0.6) is 0 Å². The first kappa shape index (κ1) is 19.6. The van der Waals surface area contributed by atoms with Crippen LogP contribution in [0.1, 0.15) is 12.8 Å². The molecule has 3 rings (SSSR count). The van der Waals surface area contributed by atoms with Crippen molar-refractivity contribution in [1.82, 2.24) is 4.31 Å². The molecule has 1 fully saturated rings. The average Bonchev–Trinajstić information content (AvgIpc) is 3.19. The molecule has 2 N–H and O–H groups in total. The third-order valence-corrected chi connectivity index (χ3v) is 6.38. The predicted molar refractivity (Wildman–Crippen MR) is 103 cm³/mol. The molecule has 1 saturated heterocycles. The summed E-state index contributed by atoms with van der Waals surface area (Å²) in [5, 5.41) is 5.40. The van der Waals surface area contributed by atoms with Gasteiger partial charge in [-0.15, -0.1) is 0 Å². The van der Waals surface area contributed by atoms with Gasteiger partial charge in [0.1, 0.15) is 5.82 Å². The summed E-state index contributed by atoms with van der Waals surface area (Å²) < 4.78 is 39.8. The molecule has 1 heterocycles. The summed E-state index contributed by atoms with van der Waals surface area (Å²) in [6.07, 6.45) is 1.73. The van der Waals surface area contributed by atoms with E-state index < -0.39 is 15.8 Å². The molecule has 27 heavy (non-hydrogen) atoms. The predicted octanol–water partition coefficient (Wildman–Crippen LogP) is 3.31. The molecule has 9 heteroatoms. The van der Waals surface area contributed by atoms with E-state index in [-0.39, 0.29) is 22.4 Å². The van der Waals surface area contributed by atoms with Gasteiger partial charge in [-0.2, -0.15) is 4.31 Å². The van der Waals surface area contributed by atoms with Crippen molar-refractivity contribution in [3.05, 3.63) is 53.3 Å². The van der Waals surface area contributed by atoms with Crippen LogP contribution in [-0.4, -0.2) is 38.3 Å². The normalized spacial score (nSPS) is 14.9. The second-order valence-electron chi connectivity index (χ2n) is 6.17. The van der Waals surface area contributed by atoms with Gasteiger partial charge in [-0.25, -0.2) is 12.8 Å². The Kier molecular flexibility index (Phi) is 5.98. The summed E-state index contributed by atoms with van der Waals surface area (Å²) >= 11 is 5.68. The maximum absolute atomic E-state index is 13.1. The molecule has 0 aromatic heterocycles. The fourth-order valence-electron chi connectivity index (χ4n) is 2.81. The lowest BCUT2D eigenvalue weighted by Crippen LogP contribution is -2.28. The van der Waals surface area contributed by atoms with Gasteiger partial charge in [0.05, 0.1) is 16.5 Å². The molecular weight excluding hydrogens is 393 g/mol. The number of carbonyl (C=O) groups excluding carboxylic acids is 1. The number of nitrogens with one attached hydrogen (secondary N) is 2. The quantitative estimate of drug-likeness (QED) is 0.764. The second-order valence-corrected chi connectivity index (χ2v) is 8.51. The maximum Gasteiger partial charge on any atom is 0.243 e. The number of anilines is 2. The Labute approximate surface area is 162 Å². The molecule has 0 spiro atoms. The number of amides is 1. The number of benzene rings is 2. The van der Waals surface area contributed by atoms with Crippen molar-refractivity contribution >= 4 is 38.9 Å². The van der Waals surface area contributed by atoms with Gasteiger partial charge in [-0.1, -0.05) is 17.7 Å². The van der Waals surface area contributed by atoms with E-state index in [1.807, 2.05) is 0 Å². The van der Waals surface area contributed by atoms with Crippen LogP contribution in [0.25, 0.3) is 0 Å². The fourth-order valence-corrected chi connectivity index (χ4v) is 4.55. The molecule has 1 amide bonds. The Morgan fingerprint density at radius 1 is 1.11 bits per heavy atom. The van der Waals surface area contributed by atoms with Crippen LogP contribution < -0.4 is 10.6 Å². The number of carbonyl (C=O) groups is 1. The molecule has 144 valence electrons. The first-order valence-electron chi connectivity index (χ1n) is 8.45. The van der Waals surface area contributed by atoms with E-state index in [9.17, 15) is 17.6 Å². The summed E-state index contributed by atoms with van der Waals surface area (Å²) in [5.41, 5.74) is 0.890. The van der Waals surface area contributed by atoms with Gasteiger partial charge in [0.25, 0.3) is 0 Å². The maximum atomic E-state index is 13.1. The molecule has 0 aliphatic carbocycles. The zero-order chi connectivity index (χ0) is 19.4. The van der Waals surface area contributed by atoms with Crippen molar-refractivity contribution < 1.29 is 17.6 Å². The number of sulfonamides is 1. The SMILES string of the molecule is O=C(CNc1cccc(S(=O)(=O)N2CCCC2)c1)Nc1ccc(F)c(Cl)c1. The van der Waals surface area contributed by atoms with Gasteiger partial charge in [0.2, 0.25) is 15.9 Å². The number of hydrogen-bond acceptors (Lipinski definition) is 4. The Hall–Kier alpha value is -2.16. The van der Waals surface area contributed by atoms with Crippen LogP contribution in [0.4, 0.5) is 15.8 Å². The molecule has 6 nitrogen and oxygen atoms in total. The van der Waals surface area contributed by atoms with E-state index in [0.29, 0.717) is 24.5 Å². The van der Waals surface area contributed by atoms with E-state index in [1.165, 1.54) is 22.5 Å². The number of rotatable bonds is 6. The van der Waals surface area contributed by atoms with Gasteiger partial charge >= 0.3 is 0 Å². The largest absolute Gasteiger partial charge is 0.376 e. The van der Waals surface area contributed by atoms with E-state index in [2.05, 4.69) is 10.6 Å². The minimum absolute atomic E-state index is 0.0811. The van der Waals surface area contributed by atoms with Crippen molar-refractivity contribution in [2.75, 3.05) is 30.3 Å². The molecule has 2 aromatic carbocycles. The van der Waals surface area contributed by atoms with Gasteiger partial charge in [0, 0.05) is 24.5 Å². The minimum atomic E-state index is -3.51. The third kappa shape index (κ3) is 4.77. The van der Waals surface area contributed by atoms with Crippen LogP contribution in [0.3, 0.4) is 0 Å². The number of hydrogen-bond donors (Lipinski definition) is 2. The highest BCUT2D eigenvalue weighted by Crippen LogP contribution is 2.23. The van der Waals surface area contributed by atoms with Gasteiger partial charge in [-0.05, 0) is 49.2 Å². The summed E-state index contributed by atoms with van der Waals surface area (Å²) in [6.45, 7) is 0.980. The zero-order valence-corrected chi connectivity index (χ0v) is 16.0. The van der Waals surface area contributed by atoms with Crippen LogP contribution in [-0.2, 0) is 14.8 Å². The summed E-state index contributed by atoms with van der Waals surface area (Å²) in [7, 11) is -3.51. The monoisotopic (exact) mass is 411 g/mol. The Morgan fingerprint density at radius 2 is 1.85 bits per heavy atom. The molecule has 0 bridgehead atoms. The highest BCUT2D eigenvalue weighted by atomic mass is 35.5. The van der Waals surface area contributed by atoms with Crippen molar-refractivity contribution in [2.24, 2.45) is 0 Å². The van der Waals surface area contributed by atoms with Crippen molar-refractivity contribution in [3.8, 4) is 0 Å². The van der Waals surface area contributed by atoms with E-state index >= 15 is 0 Å². The molecule has 0 unspecified atom stereocenters. The smallest absolute Gasteiger partial charge is 0.243 e. The van der Waals surface area contributed by atoms with E-state index in [1.54, 1.807) is 18.2 Å². The zero-order valence-electron chi connectivity index (χ0n) is 14.4. The van der Waals surface area contributed by atoms with E-state index in [0.717, 1.165) is 18.9 Å². The molecule has 1 aliphatic heterocycles. The lowest BCUT2D eigenvalue weighted by atomic mass is 10.3. The van der Waals surface area contributed by atoms with Gasteiger partial charge in [-0.3, -0.25) is 4.79 Å². The van der Waals surface area contributed by atoms with Crippen molar-refractivity contribution in [1.29, 1.82) is 0 Å². The lowest BCUT2D eigenvalue weighted by Gasteiger charge is -2.16. The number of halogens is 2. The first-order chi connectivity index (χ1) is 12.9. The number of nitrogens with zero attached hydrogens (tertiary/aromatic N) is 1.